The molecule has 128 valence electrons. The van der Waals surface area contributed by atoms with Crippen LogP contribution in [0.2, 0.25) is 0 Å². The van der Waals surface area contributed by atoms with Crippen molar-refractivity contribution in [1.29, 1.82) is 0 Å². The summed E-state index contributed by atoms with van der Waals surface area (Å²) in [6.45, 7) is 3.18. The summed E-state index contributed by atoms with van der Waals surface area (Å²) in [4.78, 5) is 0. The first-order valence-corrected chi connectivity index (χ1v) is 8.95. The molecule has 0 N–H and O–H groups in total. The first-order chi connectivity index (χ1) is 11.4. The molecule has 1 saturated heterocycles. The lowest BCUT2D eigenvalue weighted by Gasteiger charge is -2.22. The van der Waals surface area contributed by atoms with Gasteiger partial charge in [-0.25, -0.2) is 0 Å². The average molecular weight is 318 g/mol. The molecule has 3 heteroatoms. The first kappa shape index (κ1) is 18.2. The van der Waals surface area contributed by atoms with Crippen molar-refractivity contribution in [3.05, 3.63) is 48.0 Å². The standard InChI is InChI=1S/C20H30O3/c1(2-4-10-16-22-20-14-8-11-17-23-20)3-9-15-21-18-19-12-6-5-7-13-19/h2,4-7,12-13,20H,1,3,8-11,14-18H2. The Balaban J connectivity index is 1.36. The van der Waals surface area contributed by atoms with Gasteiger partial charge in [-0.3, -0.25) is 0 Å². The fraction of sp³-hybridized carbons (Fsp3) is 0.600. The number of allylic oxidation sites excluding steroid dienone is 1. The van der Waals surface area contributed by atoms with Gasteiger partial charge in [0.1, 0.15) is 0 Å². The molecule has 1 unspecified atom stereocenters. The molecule has 23 heavy (non-hydrogen) atoms. The van der Waals surface area contributed by atoms with Crippen LogP contribution in [0, 0.1) is 0 Å². The van der Waals surface area contributed by atoms with E-state index < -0.39 is 0 Å². The van der Waals surface area contributed by atoms with Crippen LogP contribution in [-0.2, 0) is 20.8 Å². The minimum absolute atomic E-state index is 0.0407. The summed E-state index contributed by atoms with van der Waals surface area (Å²) < 4.78 is 16.9. The molecular weight excluding hydrogens is 288 g/mol. The molecule has 1 atom stereocenters. The largest absolute Gasteiger partial charge is 0.377 e. The number of ether oxygens (including phenoxy) is 3. The van der Waals surface area contributed by atoms with Crippen LogP contribution in [-0.4, -0.2) is 26.1 Å². The average Bonchev–Trinajstić information content (AvgIpc) is 2.61. The van der Waals surface area contributed by atoms with Gasteiger partial charge in [-0.05, 0) is 50.5 Å². The molecular formula is C20H30O3. The quantitative estimate of drug-likeness (QED) is 0.430. The van der Waals surface area contributed by atoms with E-state index in [1.54, 1.807) is 0 Å². The molecule has 0 bridgehead atoms. The van der Waals surface area contributed by atoms with Crippen LogP contribution >= 0.6 is 0 Å². The highest BCUT2D eigenvalue weighted by Gasteiger charge is 2.12. The second-order valence-corrected chi connectivity index (χ2v) is 5.96. The van der Waals surface area contributed by atoms with Crippen molar-refractivity contribution in [2.45, 2.75) is 57.8 Å². The van der Waals surface area contributed by atoms with Crippen LogP contribution in [0.1, 0.15) is 50.5 Å². The molecule has 0 radical (unpaired) electrons. The van der Waals surface area contributed by atoms with Crippen LogP contribution < -0.4 is 0 Å². The maximum atomic E-state index is 5.69. The Hall–Kier alpha value is -1.16. The van der Waals surface area contributed by atoms with Gasteiger partial charge in [0.15, 0.2) is 6.29 Å². The van der Waals surface area contributed by atoms with Gasteiger partial charge >= 0.3 is 0 Å². The van der Waals surface area contributed by atoms with Crippen LogP contribution in [0.15, 0.2) is 42.5 Å². The van der Waals surface area contributed by atoms with Crippen molar-refractivity contribution >= 4 is 0 Å². The van der Waals surface area contributed by atoms with Crippen molar-refractivity contribution in [3.8, 4) is 0 Å². The molecule has 1 aromatic carbocycles. The molecule has 0 aliphatic carbocycles. The van der Waals surface area contributed by atoms with Crippen molar-refractivity contribution < 1.29 is 14.2 Å². The number of unbranched alkanes of at least 4 members (excludes halogenated alkanes) is 2. The number of hydrogen-bond acceptors (Lipinski definition) is 3. The summed E-state index contributed by atoms with van der Waals surface area (Å²) in [5.74, 6) is 0. The number of benzene rings is 1. The van der Waals surface area contributed by atoms with Gasteiger partial charge in [0, 0.05) is 13.2 Å². The van der Waals surface area contributed by atoms with E-state index in [1.165, 1.54) is 24.8 Å². The van der Waals surface area contributed by atoms with Gasteiger partial charge in [0.25, 0.3) is 0 Å². The highest BCUT2D eigenvalue weighted by atomic mass is 16.7. The molecule has 1 aromatic rings. The molecule has 0 spiro atoms. The van der Waals surface area contributed by atoms with E-state index in [2.05, 4.69) is 24.3 Å². The van der Waals surface area contributed by atoms with E-state index in [4.69, 9.17) is 14.2 Å². The lowest BCUT2D eigenvalue weighted by Crippen LogP contribution is -2.22. The highest BCUT2D eigenvalue weighted by Crippen LogP contribution is 2.13. The zero-order valence-electron chi connectivity index (χ0n) is 14.1. The van der Waals surface area contributed by atoms with E-state index in [1.807, 2.05) is 18.2 Å². The maximum Gasteiger partial charge on any atom is 0.157 e. The minimum Gasteiger partial charge on any atom is -0.377 e. The number of hydrogen-bond donors (Lipinski definition) is 0. The summed E-state index contributed by atoms with van der Waals surface area (Å²) >= 11 is 0. The molecule has 1 fully saturated rings. The zero-order chi connectivity index (χ0) is 16.0. The van der Waals surface area contributed by atoms with Crippen molar-refractivity contribution in [1.82, 2.24) is 0 Å². The molecule has 1 heterocycles. The SMILES string of the molecule is C(=CCCOC1CCCCO1)CCCCOCc1ccccc1. The number of rotatable bonds is 11. The Morgan fingerprint density at radius 3 is 2.70 bits per heavy atom. The summed E-state index contributed by atoms with van der Waals surface area (Å²) in [7, 11) is 0. The monoisotopic (exact) mass is 318 g/mol. The zero-order valence-corrected chi connectivity index (χ0v) is 14.1. The minimum atomic E-state index is 0.0407. The van der Waals surface area contributed by atoms with E-state index in [-0.39, 0.29) is 6.29 Å². The van der Waals surface area contributed by atoms with Crippen LogP contribution in [0.5, 0.6) is 0 Å². The predicted molar refractivity (Wildman–Crippen MR) is 93.2 cm³/mol. The Labute approximate surface area is 140 Å². The van der Waals surface area contributed by atoms with Gasteiger partial charge < -0.3 is 14.2 Å². The lowest BCUT2D eigenvalue weighted by molar-refractivity contribution is -0.161. The molecule has 1 aliphatic heterocycles. The predicted octanol–water partition coefficient (Wildman–Crippen LogP) is 4.86. The third-order valence-corrected chi connectivity index (χ3v) is 3.91. The van der Waals surface area contributed by atoms with Gasteiger partial charge in [-0.15, -0.1) is 0 Å². The highest BCUT2D eigenvalue weighted by molar-refractivity contribution is 5.13. The first-order valence-electron chi connectivity index (χ1n) is 8.95. The van der Waals surface area contributed by atoms with Gasteiger partial charge in [-0.1, -0.05) is 42.5 Å². The fourth-order valence-corrected chi connectivity index (χ4v) is 2.58. The molecule has 2 rings (SSSR count). The van der Waals surface area contributed by atoms with E-state index >= 15 is 0 Å². The van der Waals surface area contributed by atoms with Gasteiger partial charge in [-0.2, -0.15) is 0 Å². The van der Waals surface area contributed by atoms with Crippen LogP contribution in [0.4, 0.5) is 0 Å². The van der Waals surface area contributed by atoms with Crippen LogP contribution in [0.3, 0.4) is 0 Å². The Bertz CT molecular complexity index is 410. The smallest absolute Gasteiger partial charge is 0.157 e. The molecule has 0 saturated carbocycles. The Morgan fingerprint density at radius 1 is 1.00 bits per heavy atom. The van der Waals surface area contributed by atoms with E-state index in [0.29, 0.717) is 0 Å². The topological polar surface area (TPSA) is 27.7 Å². The molecule has 0 amide bonds. The Morgan fingerprint density at radius 2 is 1.87 bits per heavy atom. The molecule has 0 aromatic heterocycles. The van der Waals surface area contributed by atoms with Crippen molar-refractivity contribution in [3.63, 3.8) is 0 Å². The second-order valence-electron chi connectivity index (χ2n) is 5.96. The van der Waals surface area contributed by atoms with Crippen molar-refractivity contribution in [2.75, 3.05) is 19.8 Å². The normalized spacial score (nSPS) is 18.5. The van der Waals surface area contributed by atoms with Gasteiger partial charge in [0.05, 0.1) is 13.2 Å². The Kier molecular flexibility index (Phi) is 9.71. The summed E-state index contributed by atoms with van der Waals surface area (Å²) in [6.07, 6.45) is 12.4. The fourth-order valence-electron chi connectivity index (χ4n) is 2.58. The maximum absolute atomic E-state index is 5.69. The molecule has 1 aliphatic rings. The third kappa shape index (κ3) is 8.89. The molecule has 3 nitrogen and oxygen atoms in total. The van der Waals surface area contributed by atoms with Crippen molar-refractivity contribution in [2.24, 2.45) is 0 Å². The summed E-state index contributed by atoms with van der Waals surface area (Å²) in [5.41, 5.74) is 1.24. The van der Waals surface area contributed by atoms with Crippen LogP contribution in [0.25, 0.3) is 0 Å². The third-order valence-electron chi connectivity index (χ3n) is 3.91. The second kappa shape index (κ2) is 12.3. The summed E-state index contributed by atoms with van der Waals surface area (Å²) in [5, 5.41) is 0. The van der Waals surface area contributed by atoms with E-state index in [9.17, 15) is 0 Å². The van der Waals surface area contributed by atoms with Gasteiger partial charge in [0.2, 0.25) is 0 Å². The van der Waals surface area contributed by atoms with E-state index in [0.717, 1.165) is 52.1 Å². The summed E-state index contributed by atoms with van der Waals surface area (Å²) in [6, 6.07) is 10.3. The lowest BCUT2D eigenvalue weighted by atomic mass is 10.2.